The number of alkyl halides is 6. The van der Waals surface area contributed by atoms with Gasteiger partial charge in [0.05, 0.1) is 16.8 Å². The highest BCUT2D eigenvalue weighted by Gasteiger charge is 2.31. The van der Waals surface area contributed by atoms with Crippen molar-refractivity contribution in [3.63, 3.8) is 0 Å². The Hall–Kier alpha value is -3.89. The zero-order valence-corrected chi connectivity index (χ0v) is 16.6. The molecular formula is C22H15F6N3O2. The molecule has 0 unspecified atom stereocenters. The molecule has 1 heterocycles. The molecule has 3 rings (SSSR count). The summed E-state index contributed by atoms with van der Waals surface area (Å²) in [5, 5.41) is 2.33. The van der Waals surface area contributed by atoms with Gasteiger partial charge in [-0.15, -0.1) is 0 Å². The van der Waals surface area contributed by atoms with E-state index in [4.69, 9.17) is 0 Å². The van der Waals surface area contributed by atoms with Crippen LogP contribution in [-0.2, 0) is 18.8 Å². The molecule has 11 heteroatoms. The van der Waals surface area contributed by atoms with Crippen LogP contribution in [0.1, 0.15) is 27.2 Å². The summed E-state index contributed by atoms with van der Waals surface area (Å²) in [6.07, 6.45) is -9.51. The van der Waals surface area contributed by atoms with Gasteiger partial charge in [-0.1, -0.05) is 18.2 Å². The van der Waals surface area contributed by atoms with Crippen molar-refractivity contribution in [2.45, 2.75) is 18.8 Å². The quantitative estimate of drug-likeness (QED) is 0.318. The highest BCUT2D eigenvalue weighted by Crippen LogP contribution is 2.32. The number of amides is 1. The fraction of sp³-hybridized carbons (Fsp3) is 0.136. The molecule has 1 amide bonds. The number of nitrogens with one attached hydrogen (secondary N) is 2. The first-order chi connectivity index (χ1) is 15.4. The summed E-state index contributed by atoms with van der Waals surface area (Å²) >= 11 is 0. The lowest BCUT2D eigenvalue weighted by molar-refractivity contribution is -0.138. The van der Waals surface area contributed by atoms with Gasteiger partial charge in [-0.3, -0.25) is 9.59 Å². The first-order valence-corrected chi connectivity index (χ1v) is 9.33. The predicted molar refractivity (Wildman–Crippen MR) is 108 cm³/mol. The summed E-state index contributed by atoms with van der Waals surface area (Å²) < 4.78 is 77.9. The number of pyridine rings is 1. The number of carbonyl (C=O) groups is 1. The Kier molecular flexibility index (Phi) is 6.70. The largest absolute Gasteiger partial charge is 0.416 e. The summed E-state index contributed by atoms with van der Waals surface area (Å²) in [7, 11) is 0. The maximum atomic E-state index is 13.0. The fourth-order valence-corrected chi connectivity index (χ4v) is 2.84. The van der Waals surface area contributed by atoms with E-state index in [1.54, 1.807) is 0 Å². The molecule has 2 N–H and O–H groups in total. The lowest BCUT2D eigenvalue weighted by atomic mass is 10.1. The molecule has 0 fully saturated rings. The Labute approximate surface area is 182 Å². The number of aromatic amines is 1. The van der Waals surface area contributed by atoms with Crippen LogP contribution in [0.15, 0.2) is 76.5 Å². The molecule has 0 atom stereocenters. The van der Waals surface area contributed by atoms with Gasteiger partial charge in [-0.25, -0.2) is 4.99 Å². The number of hydrogen-bond donors (Lipinski definition) is 2. The number of halogens is 6. The number of hydrogen-bond acceptors (Lipinski definition) is 3. The Bertz CT molecular complexity index is 1250. The van der Waals surface area contributed by atoms with Gasteiger partial charge in [-0.2, -0.15) is 26.3 Å². The number of aromatic nitrogens is 1. The Morgan fingerprint density at radius 2 is 1.45 bits per heavy atom. The summed E-state index contributed by atoms with van der Waals surface area (Å²) in [4.78, 5) is 30.7. The zero-order chi connectivity index (χ0) is 24.2. The van der Waals surface area contributed by atoms with Gasteiger partial charge in [0, 0.05) is 23.7 Å². The van der Waals surface area contributed by atoms with E-state index in [9.17, 15) is 35.9 Å². The van der Waals surface area contributed by atoms with E-state index < -0.39 is 34.9 Å². The molecule has 0 aliphatic carbocycles. The number of rotatable bonds is 4. The van der Waals surface area contributed by atoms with Crippen LogP contribution < -0.4 is 10.9 Å². The van der Waals surface area contributed by atoms with Crippen molar-refractivity contribution in [3.8, 4) is 0 Å². The molecule has 2 aromatic carbocycles. The number of carbonyl (C=O) groups excluding carboxylic acids is 1. The van der Waals surface area contributed by atoms with Crippen LogP contribution >= 0.6 is 0 Å². The van der Waals surface area contributed by atoms with Crippen LogP contribution in [0.3, 0.4) is 0 Å². The molecule has 0 bridgehead atoms. The molecule has 172 valence electrons. The second-order valence-corrected chi connectivity index (χ2v) is 6.86. The normalized spacial score (nSPS) is 12.5. The minimum atomic E-state index is -4.67. The molecule has 3 aromatic rings. The van der Waals surface area contributed by atoms with Crippen LogP contribution in [0.5, 0.6) is 0 Å². The van der Waals surface area contributed by atoms with Crippen molar-refractivity contribution in [2.24, 2.45) is 4.99 Å². The molecule has 0 saturated carbocycles. The Morgan fingerprint density at radius 3 is 2.09 bits per heavy atom. The van der Waals surface area contributed by atoms with E-state index in [0.29, 0.717) is 6.07 Å². The SMILES string of the molecule is O=C(NC(Cc1cccc(=O)[nH]1)=Nc1cccc(C(F)(F)F)c1)c1cccc(C(F)(F)F)c1. The van der Waals surface area contributed by atoms with Crippen molar-refractivity contribution in [1.29, 1.82) is 0 Å². The van der Waals surface area contributed by atoms with Gasteiger partial charge in [0.2, 0.25) is 5.56 Å². The lowest BCUT2D eigenvalue weighted by Crippen LogP contribution is -2.32. The summed E-state index contributed by atoms with van der Waals surface area (Å²) in [5.41, 5.74) is -2.68. The molecule has 0 radical (unpaired) electrons. The van der Waals surface area contributed by atoms with Gasteiger partial charge in [0.15, 0.2) is 0 Å². The average Bonchev–Trinajstić information content (AvgIpc) is 2.73. The summed E-state index contributed by atoms with van der Waals surface area (Å²) in [6.45, 7) is 0. The third-order valence-electron chi connectivity index (χ3n) is 4.33. The van der Waals surface area contributed by atoms with Gasteiger partial charge < -0.3 is 10.3 Å². The molecule has 0 spiro atoms. The molecule has 0 aliphatic heterocycles. The lowest BCUT2D eigenvalue weighted by Gasteiger charge is -2.12. The number of amidine groups is 1. The molecule has 5 nitrogen and oxygen atoms in total. The Morgan fingerprint density at radius 1 is 0.848 bits per heavy atom. The highest BCUT2D eigenvalue weighted by atomic mass is 19.4. The number of benzene rings is 2. The van der Waals surface area contributed by atoms with Crippen molar-refractivity contribution < 1.29 is 31.1 Å². The van der Waals surface area contributed by atoms with E-state index >= 15 is 0 Å². The summed E-state index contributed by atoms with van der Waals surface area (Å²) in [5.74, 6) is -1.14. The van der Waals surface area contributed by atoms with Crippen molar-refractivity contribution in [1.82, 2.24) is 10.3 Å². The summed E-state index contributed by atoms with van der Waals surface area (Å²) in [6, 6.07) is 11.8. The van der Waals surface area contributed by atoms with Crippen LogP contribution in [0.25, 0.3) is 0 Å². The highest BCUT2D eigenvalue weighted by molar-refractivity contribution is 6.07. The fourth-order valence-electron chi connectivity index (χ4n) is 2.84. The number of aliphatic imine (C=N–C) groups is 1. The smallest absolute Gasteiger partial charge is 0.326 e. The van der Waals surface area contributed by atoms with Gasteiger partial charge in [-0.05, 0) is 42.5 Å². The van der Waals surface area contributed by atoms with E-state index in [1.807, 2.05) is 0 Å². The second kappa shape index (κ2) is 9.31. The number of nitrogens with zero attached hydrogens (tertiary/aromatic N) is 1. The standard InChI is InChI=1S/C22H15F6N3O2/c23-21(24,25)14-5-1-4-13(10-14)20(33)31-18(12-17-8-3-9-19(32)30-17)29-16-7-2-6-15(11-16)22(26,27)28/h1-11H,12H2,(H,30,32)(H,29,31,33). The molecule has 0 saturated heterocycles. The van der Waals surface area contributed by atoms with E-state index in [2.05, 4.69) is 15.3 Å². The molecule has 0 aliphatic rings. The van der Waals surface area contributed by atoms with Crippen molar-refractivity contribution in [3.05, 3.63) is 99.5 Å². The van der Waals surface area contributed by atoms with Gasteiger partial charge in [0.1, 0.15) is 5.84 Å². The first-order valence-electron chi connectivity index (χ1n) is 9.33. The van der Waals surface area contributed by atoms with E-state index in [-0.39, 0.29) is 29.2 Å². The van der Waals surface area contributed by atoms with Crippen LogP contribution in [0.2, 0.25) is 0 Å². The zero-order valence-electron chi connectivity index (χ0n) is 16.6. The minimum Gasteiger partial charge on any atom is -0.326 e. The second-order valence-electron chi connectivity index (χ2n) is 6.86. The molecule has 1 aromatic heterocycles. The van der Waals surface area contributed by atoms with Crippen LogP contribution in [-0.4, -0.2) is 16.7 Å². The third-order valence-corrected chi connectivity index (χ3v) is 4.33. The Balaban J connectivity index is 1.96. The number of H-pyrrole nitrogens is 1. The molecule has 33 heavy (non-hydrogen) atoms. The third kappa shape index (κ3) is 6.55. The van der Waals surface area contributed by atoms with E-state index in [0.717, 1.165) is 36.4 Å². The minimum absolute atomic E-state index is 0.151. The predicted octanol–water partition coefficient (Wildman–Crippen LogP) is 5.12. The average molecular weight is 467 g/mol. The maximum Gasteiger partial charge on any atom is 0.416 e. The van der Waals surface area contributed by atoms with Crippen LogP contribution in [0.4, 0.5) is 32.0 Å². The first kappa shape index (κ1) is 23.8. The molecular weight excluding hydrogens is 452 g/mol. The monoisotopic (exact) mass is 467 g/mol. The van der Waals surface area contributed by atoms with E-state index in [1.165, 1.54) is 24.3 Å². The topological polar surface area (TPSA) is 74.3 Å². The van der Waals surface area contributed by atoms with Crippen molar-refractivity contribution >= 4 is 17.4 Å². The van der Waals surface area contributed by atoms with Crippen molar-refractivity contribution in [2.75, 3.05) is 0 Å². The van der Waals surface area contributed by atoms with Crippen LogP contribution in [0, 0.1) is 0 Å². The van der Waals surface area contributed by atoms with Gasteiger partial charge in [0.25, 0.3) is 5.91 Å². The maximum absolute atomic E-state index is 13.0. The van der Waals surface area contributed by atoms with Gasteiger partial charge >= 0.3 is 12.4 Å².